The lowest BCUT2D eigenvalue weighted by Crippen LogP contribution is -2.32. The van der Waals surface area contributed by atoms with Crippen LogP contribution in [0, 0.1) is 0 Å². The van der Waals surface area contributed by atoms with E-state index >= 15 is 0 Å². The number of aromatic nitrogens is 2. The first-order valence-corrected chi connectivity index (χ1v) is 8.34. The molecule has 0 unspecified atom stereocenters. The Labute approximate surface area is 151 Å². The van der Waals surface area contributed by atoms with Crippen LogP contribution in [0.25, 0.3) is 11.3 Å². The molecule has 130 valence electrons. The highest BCUT2D eigenvalue weighted by atomic mass is 79.9. The molecular weight excluding hydrogens is 390 g/mol. The molecule has 2 heterocycles. The number of benzene rings is 1. The molecule has 3 aromatic rings. The van der Waals surface area contributed by atoms with E-state index in [2.05, 4.69) is 41.5 Å². The number of nitrogens with two attached hydrogens (primary N) is 1. The smallest absolute Gasteiger partial charge is 0.277 e. The van der Waals surface area contributed by atoms with Gasteiger partial charge < -0.3 is 20.8 Å². The number of carbonyl (C=O) groups excluding carboxylic acids is 1. The van der Waals surface area contributed by atoms with Gasteiger partial charge in [-0.15, -0.1) is 0 Å². The van der Waals surface area contributed by atoms with Crippen LogP contribution >= 0.6 is 15.9 Å². The molecule has 0 aliphatic carbocycles. The number of nitrogen functional groups attached to an aromatic ring is 1. The van der Waals surface area contributed by atoms with E-state index in [1.54, 1.807) is 0 Å². The summed E-state index contributed by atoms with van der Waals surface area (Å²) in [4.78, 5) is 11.7. The molecule has 0 saturated carbocycles. The fourth-order valence-electron chi connectivity index (χ4n) is 2.15. The number of amides is 1. The molecule has 0 spiro atoms. The van der Waals surface area contributed by atoms with E-state index in [0.717, 1.165) is 21.6 Å². The predicted molar refractivity (Wildman–Crippen MR) is 94.6 cm³/mol. The Balaban J connectivity index is 1.42. The van der Waals surface area contributed by atoms with E-state index in [1.165, 1.54) is 0 Å². The van der Waals surface area contributed by atoms with Crippen molar-refractivity contribution in [3.63, 3.8) is 0 Å². The number of carbonyl (C=O) groups is 1. The van der Waals surface area contributed by atoms with Crippen LogP contribution < -0.4 is 16.4 Å². The summed E-state index contributed by atoms with van der Waals surface area (Å²) in [6, 6.07) is 11.8. The minimum atomic E-state index is -0.420. The van der Waals surface area contributed by atoms with E-state index in [4.69, 9.17) is 10.2 Å². The molecule has 3 rings (SSSR count). The molecule has 25 heavy (non-hydrogen) atoms. The van der Waals surface area contributed by atoms with Crippen molar-refractivity contribution in [1.29, 1.82) is 0 Å². The lowest BCUT2D eigenvalue weighted by Gasteiger charge is -2.04. The summed E-state index contributed by atoms with van der Waals surface area (Å²) in [5, 5.41) is 12.6. The molecule has 0 atom stereocenters. The summed E-state index contributed by atoms with van der Waals surface area (Å²) >= 11 is 3.41. The van der Waals surface area contributed by atoms with E-state index in [-0.39, 0.29) is 11.5 Å². The third kappa shape index (κ3) is 4.46. The van der Waals surface area contributed by atoms with Gasteiger partial charge in [0.2, 0.25) is 11.5 Å². The van der Waals surface area contributed by atoms with Gasteiger partial charge in [-0.1, -0.05) is 28.1 Å². The van der Waals surface area contributed by atoms with E-state index in [1.807, 2.05) is 36.4 Å². The summed E-state index contributed by atoms with van der Waals surface area (Å²) in [6.45, 7) is 1.52. The Bertz CT molecular complexity index is 844. The average Bonchev–Trinajstić information content (AvgIpc) is 3.24. The van der Waals surface area contributed by atoms with Crippen LogP contribution in [-0.4, -0.2) is 29.3 Å². The first-order chi connectivity index (χ1) is 12.1. The maximum Gasteiger partial charge on any atom is 0.277 e. The third-order valence-electron chi connectivity index (χ3n) is 3.41. The maximum atomic E-state index is 11.7. The summed E-state index contributed by atoms with van der Waals surface area (Å²) in [7, 11) is 0. The van der Waals surface area contributed by atoms with Gasteiger partial charge in [0.15, 0.2) is 0 Å². The highest BCUT2D eigenvalue weighted by Crippen LogP contribution is 2.23. The van der Waals surface area contributed by atoms with Gasteiger partial charge in [-0.05, 0) is 34.6 Å². The van der Waals surface area contributed by atoms with Gasteiger partial charge in [-0.2, -0.15) is 0 Å². The van der Waals surface area contributed by atoms with Gasteiger partial charge in [-0.3, -0.25) is 4.79 Å². The quantitative estimate of drug-likeness (QED) is 0.515. The zero-order valence-corrected chi connectivity index (χ0v) is 14.7. The van der Waals surface area contributed by atoms with E-state index < -0.39 is 5.91 Å². The second kappa shape index (κ2) is 7.95. The molecule has 9 heteroatoms. The number of rotatable bonds is 7. The van der Waals surface area contributed by atoms with Crippen LogP contribution in [0.3, 0.4) is 0 Å². The van der Waals surface area contributed by atoms with E-state index in [0.29, 0.717) is 19.6 Å². The predicted octanol–water partition coefficient (Wildman–Crippen LogP) is 2.19. The molecule has 1 amide bonds. The molecule has 1 aromatic carbocycles. The Hall–Kier alpha value is -2.65. The first-order valence-electron chi connectivity index (χ1n) is 7.55. The van der Waals surface area contributed by atoms with Crippen molar-refractivity contribution < 1.29 is 13.8 Å². The lowest BCUT2D eigenvalue weighted by atomic mass is 10.2. The number of hydrogen-bond acceptors (Lipinski definition) is 7. The van der Waals surface area contributed by atoms with Gasteiger partial charge in [0.25, 0.3) is 5.91 Å². The second-order valence-electron chi connectivity index (χ2n) is 5.20. The number of nitrogens with one attached hydrogen (secondary N) is 2. The topological polar surface area (TPSA) is 119 Å². The molecular formula is C16H16BrN5O3. The Morgan fingerprint density at radius 1 is 1.12 bits per heavy atom. The van der Waals surface area contributed by atoms with Crippen LogP contribution in [-0.2, 0) is 6.54 Å². The Morgan fingerprint density at radius 2 is 1.92 bits per heavy atom. The van der Waals surface area contributed by atoms with Crippen LogP contribution in [0.1, 0.15) is 16.2 Å². The SMILES string of the molecule is Nc1nonc1C(=O)NCCNCc1ccc(-c2ccc(Br)cc2)o1. The molecule has 0 aliphatic rings. The molecule has 0 aliphatic heterocycles. The van der Waals surface area contributed by atoms with Crippen molar-refractivity contribution in [3.05, 3.63) is 52.3 Å². The Morgan fingerprint density at radius 3 is 2.64 bits per heavy atom. The first kappa shape index (κ1) is 17.2. The lowest BCUT2D eigenvalue weighted by molar-refractivity contribution is 0.0944. The standard InChI is InChI=1S/C16H16BrN5O3/c17-11-3-1-10(2-4-11)13-6-5-12(24-13)9-19-7-8-20-16(23)14-15(18)22-25-21-14/h1-6,19H,7-9H2,(H2,18,22)(H,20,23). The summed E-state index contributed by atoms with van der Waals surface area (Å²) in [5.41, 5.74) is 6.45. The monoisotopic (exact) mass is 405 g/mol. The van der Waals surface area contributed by atoms with Gasteiger partial charge in [0.1, 0.15) is 11.5 Å². The minimum Gasteiger partial charge on any atom is -0.460 e. The summed E-state index contributed by atoms with van der Waals surface area (Å²) < 4.78 is 11.2. The largest absolute Gasteiger partial charge is 0.460 e. The Kier molecular flexibility index (Phi) is 5.46. The van der Waals surface area contributed by atoms with Gasteiger partial charge in [0, 0.05) is 23.1 Å². The average molecular weight is 406 g/mol. The summed E-state index contributed by atoms with van der Waals surface area (Å²) in [5.74, 6) is 1.18. The number of hydrogen-bond donors (Lipinski definition) is 3. The van der Waals surface area contributed by atoms with Gasteiger partial charge in [0.05, 0.1) is 6.54 Å². The maximum absolute atomic E-state index is 11.7. The van der Waals surface area contributed by atoms with Crippen molar-refractivity contribution in [1.82, 2.24) is 20.9 Å². The number of furan rings is 1. The second-order valence-corrected chi connectivity index (χ2v) is 6.12. The number of halogens is 1. The number of anilines is 1. The normalized spacial score (nSPS) is 10.8. The zero-order chi connectivity index (χ0) is 17.6. The zero-order valence-electron chi connectivity index (χ0n) is 13.2. The number of nitrogens with zero attached hydrogens (tertiary/aromatic N) is 2. The molecule has 0 saturated heterocycles. The van der Waals surface area contributed by atoms with Crippen LogP contribution in [0.5, 0.6) is 0 Å². The minimum absolute atomic E-state index is 0.00910. The molecule has 2 aromatic heterocycles. The fourth-order valence-corrected chi connectivity index (χ4v) is 2.42. The van der Waals surface area contributed by atoms with Gasteiger partial charge in [-0.25, -0.2) is 4.63 Å². The highest BCUT2D eigenvalue weighted by Gasteiger charge is 2.14. The molecule has 8 nitrogen and oxygen atoms in total. The van der Waals surface area contributed by atoms with Crippen molar-refractivity contribution in [2.45, 2.75) is 6.54 Å². The van der Waals surface area contributed by atoms with E-state index in [9.17, 15) is 4.79 Å². The van der Waals surface area contributed by atoms with Crippen molar-refractivity contribution >= 4 is 27.7 Å². The third-order valence-corrected chi connectivity index (χ3v) is 3.93. The highest BCUT2D eigenvalue weighted by molar-refractivity contribution is 9.10. The van der Waals surface area contributed by atoms with Crippen molar-refractivity contribution in [2.24, 2.45) is 0 Å². The van der Waals surface area contributed by atoms with Crippen molar-refractivity contribution in [3.8, 4) is 11.3 Å². The molecule has 0 radical (unpaired) electrons. The van der Waals surface area contributed by atoms with Crippen molar-refractivity contribution in [2.75, 3.05) is 18.8 Å². The fraction of sp³-hybridized carbons (Fsp3) is 0.188. The molecule has 4 N–H and O–H groups in total. The van der Waals surface area contributed by atoms with Gasteiger partial charge >= 0.3 is 0 Å². The molecule has 0 bridgehead atoms. The molecule has 0 fully saturated rings. The van der Waals surface area contributed by atoms with Crippen LogP contribution in [0.15, 0.2) is 49.9 Å². The van der Waals surface area contributed by atoms with Crippen LogP contribution in [0.4, 0.5) is 5.82 Å². The van der Waals surface area contributed by atoms with Crippen LogP contribution in [0.2, 0.25) is 0 Å². The summed E-state index contributed by atoms with van der Waals surface area (Å²) in [6.07, 6.45) is 0.